The zero-order valence-electron chi connectivity index (χ0n) is 8.13. The number of aliphatic hydroxyl groups is 1. The minimum Gasteiger partial charge on any atom is -0.389 e. The van der Waals surface area contributed by atoms with Crippen LogP contribution in [0.2, 0.25) is 0 Å². The monoisotopic (exact) mass is 175 g/mol. The van der Waals surface area contributed by atoms with Crippen molar-refractivity contribution in [2.45, 2.75) is 26.9 Å². The first-order valence-corrected chi connectivity index (χ1v) is 4.25. The Morgan fingerprint density at radius 1 is 1.38 bits per heavy atom. The quantitative estimate of drug-likeness (QED) is 0.711. The Bertz CT molecular complexity index is 361. The highest BCUT2D eigenvalue weighted by Crippen LogP contribution is 2.21. The molecule has 0 aliphatic heterocycles. The summed E-state index contributed by atoms with van der Waals surface area (Å²) >= 11 is 0. The number of hydrogen-bond donors (Lipinski definition) is 1. The van der Waals surface area contributed by atoms with Crippen molar-refractivity contribution in [3.05, 3.63) is 34.4 Å². The zero-order chi connectivity index (χ0) is 10.0. The molecule has 1 N–H and O–H groups in total. The molecule has 13 heavy (non-hydrogen) atoms. The summed E-state index contributed by atoms with van der Waals surface area (Å²) in [5.41, 5.74) is 3.57. The number of rotatable bonds is 1. The summed E-state index contributed by atoms with van der Waals surface area (Å²) in [4.78, 5) is 0. The van der Waals surface area contributed by atoms with Crippen LogP contribution < -0.4 is 0 Å². The second kappa shape index (κ2) is 3.59. The van der Waals surface area contributed by atoms with Crippen molar-refractivity contribution < 1.29 is 5.11 Å². The van der Waals surface area contributed by atoms with E-state index in [0.717, 1.165) is 16.7 Å². The number of nitriles is 1. The second-order valence-electron chi connectivity index (χ2n) is 3.30. The Morgan fingerprint density at radius 3 is 2.46 bits per heavy atom. The fourth-order valence-electron chi connectivity index (χ4n) is 1.39. The molecule has 2 nitrogen and oxygen atoms in total. The van der Waals surface area contributed by atoms with E-state index in [1.807, 2.05) is 19.9 Å². The van der Waals surface area contributed by atoms with E-state index < -0.39 is 6.10 Å². The molecule has 1 unspecified atom stereocenters. The summed E-state index contributed by atoms with van der Waals surface area (Å²) in [7, 11) is 0. The lowest BCUT2D eigenvalue weighted by Crippen LogP contribution is -1.98. The molecule has 0 saturated heterocycles. The molecule has 68 valence electrons. The van der Waals surface area contributed by atoms with Gasteiger partial charge < -0.3 is 5.11 Å². The Balaban J connectivity index is 3.35. The highest BCUT2D eigenvalue weighted by Gasteiger charge is 2.08. The molecule has 1 aromatic carbocycles. The van der Waals surface area contributed by atoms with E-state index in [2.05, 4.69) is 6.07 Å². The molecule has 1 atom stereocenters. The van der Waals surface area contributed by atoms with E-state index >= 15 is 0 Å². The van der Waals surface area contributed by atoms with Gasteiger partial charge in [-0.25, -0.2) is 0 Å². The van der Waals surface area contributed by atoms with Crippen LogP contribution in [0.3, 0.4) is 0 Å². The van der Waals surface area contributed by atoms with E-state index in [-0.39, 0.29) is 0 Å². The molecule has 0 fully saturated rings. The number of aliphatic hydroxyl groups excluding tert-OH is 1. The molecule has 0 saturated carbocycles. The van der Waals surface area contributed by atoms with Crippen molar-refractivity contribution in [2.24, 2.45) is 0 Å². The third-order valence-corrected chi connectivity index (χ3v) is 2.29. The molecule has 0 heterocycles. The summed E-state index contributed by atoms with van der Waals surface area (Å²) in [6, 6.07) is 5.66. The molecule has 1 rings (SSSR count). The standard InChI is InChI=1S/C11H13NO/c1-7-4-10(6-12)5-11(8(7)2)9(3)13/h4-5,9,13H,1-3H3. The van der Waals surface area contributed by atoms with Crippen LogP contribution in [0, 0.1) is 25.2 Å². The molecule has 0 aliphatic rings. The average molecular weight is 175 g/mol. The second-order valence-corrected chi connectivity index (χ2v) is 3.30. The molecule has 0 aliphatic carbocycles. The largest absolute Gasteiger partial charge is 0.389 e. The van der Waals surface area contributed by atoms with Gasteiger partial charge in [0, 0.05) is 0 Å². The predicted molar refractivity (Wildman–Crippen MR) is 51.3 cm³/mol. The van der Waals surface area contributed by atoms with Crippen LogP contribution in [0.1, 0.15) is 35.3 Å². The lowest BCUT2D eigenvalue weighted by molar-refractivity contribution is 0.198. The van der Waals surface area contributed by atoms with Crippen molar-refractivity contribution in [1.29, 1.82) is 5.26 Å². The van der Waals surface area contributed by atoms with Crippen LogP contribution in [0.25, 0.3) is 0 Å². The highest BCUT2D eigenvalue weighted by molar-refractivity contribution is 5.43. The van der Waals surface area contributed by atoms with E-state index in [1.165, 1.54) is 0 Å². The summed E-state index contributed by atoms with van der Waals surface area (Å²) in [6.07, 6.45) is -0.507. The Hall–Kier alpha value is -1.33. The van der Waals surface area contributed by atoms with Crippen LogP contribution in [-0.2, 0) is 0 Å². The van der Waals surface area contributed by atoms with Crippen LogP contribution in [0.15, 0.2) is 12.1 Å². The van der Waals surface area contributed by atoms with Gasteiger partial charge in [-0.15, -0.1) is 0 Å². The van der Waals surface area contributed by atoms with Gasteiger partial charge in [-0.2, -0.15) is 5.26 Å². The number of hydrogen-bond acceptors (Lipinski definition) is 2. The first-order chi connectivity index (χ1) is 6.06. The Morgan fingerprint density at radius 2 is 2.00 bits per heavy atom. The molecular formula is C11H13NO. The number of aryl methyl sites for hydroxylation is 1. The fraction of sp³-hybridized carbons (Fsp3) is 0.364. The van der Waals surface area contributed by atoms with Crippen LogP contribution in [-0.4, -0.2) is 5.11 Å². The zero-order valence-corrected chi connectivity index (χ0v) is 8.13. The van der Waals surface area contributed by atoms with Gasteiger partial charge in [-0.05, 0) is 49.6 Å². The SMILES string of the molecule is Cc1cc(C#N)cc(C(C)O)c1C. The Labute approximate surface area is 78.4 Å². The van der Waals surface area contributed by atoms with Crippen molar-refractivity contribution >= 4 is 0 Å². The van der Waals surface area contributed by atoms with E-state index in [0.29, 0.717) is 5.56 Å². The normalized spacial score (nSPS) is 12.2. The van der Waals surface area contributed by atoms with Gasteiger partial charge in [0.15, 0.2) is 0 Å². The van der Waals surface area contributed by atoms with Crippen LogP contribution in [0.4, 0.5) is 0 Å². The summed E-state index contributed by atoms with van der Waals surface area (Å²) in [5.74, 6) is 0. The summed E-state index contributed by atoms with van der Waals surface area (Å²) < 4.78 is 0. The summed E-state index contributed by atoms with van der Waals surface area (Å²) in [6.45, 7) is 5.61. The maximum absolute atomic E-state index is 9.44. The fourth-order valence-corrected chi connectivity index (χ4v) is 1.39. The lowest BCUT2D eigenvalue weighted by Gasteiger charge is -2.11. The van der Waals surface area contributed by atoms with Gasteiger partial charge in [0.25, 0.3) is 0 Å². The van der Waals surface area contributed by atoms with Crippen molar-refractivity contribution in [2.75, 3.05) is 0 Å². The van der Waals surface area contributed by atoms with E-state index in [1.54, 1.807) is 13.0 Å². The lowest BCUT2D eigenvalue weighted by atomic mass is 9.97. The first-order valence-electron chi connectivity index (χ1n) is 4.25. The minimum atomic E-state index is -0.507. The topological polar surface area (TPSA) is 44.0 Å². The smallest absolute Gasteiger partial charge is 0.0991 e. The van der Waals surface area contributed by atoms with E-state index in [4.69, 9.17) is 5.26 Å². The van der Waals surface area contributed by atoms with E-state index in [9.17, 15) is 5.11 Å². The van der Waals surface area contributed by atoms with Gasteiger partial charge in [-0.3, -0.25) is 0 Å². The van der Waals surface area contributed by atoms with Gasteiger partial charge in [0.2, 0.25) is 0 Å². The molecule has 0 spiro atoms. The number of nitrogens with zero attached hydrogens (tertiary/aromatic N) is 1. The van der Waals surface area contributed by atoms with Crippen molar-refractivity contribution in [1.82, 2.24) is 0 Å². The maximum atomic E-state index is 9.44. The van der Waals surface area contributed by atoms with Crippen molar-refractivity contribution in [3.63, 3.8) is 0 Å². The maximum Gasteiger partial charge on any atom is 0.0991 e. The first kappa shape index (κ1) is 9.76. The summed E-state index contributed by atoms with van der Waals surface area (Å²) in [5, 5.41) is 18.2. The molecule has 0 bridgehead atoms. The third kappa shape index (κ3) is 1.88. The molecule has 0 amide bonds. The predicted octanol–water partition coefficient (Wildman–Crippen LogP) is 2.23. The Kier molecular flexibility index (Phi) is 2.69. The molecular weight excluding hydrogens is 162 g/mol. The van der Waals surface area contributed by atoms with Crippen LogP contribution in [0.5, 0.6) is 0 Å². The molecule has 1 aromatic rings. The van der Waals surface area contributed by atoms with Gasteiger partial charge in [0.05, 0.1) is 17.7 Å². The minimum absolute atomic E-state index is 0.507. The van der Waals surface area contributed by atoms with Gasteiger partial charge in [-0.1, -0.05) is 0 Å². The van der Waals surface area contributed by atoms with Crippen molar-refractivity contribution in [3.8, 4) is 6.07 Å². The molecule has 2 heteroatoms. The third-order valence-electron chi connectivity index (χ3n) is 2.29. The van der Waals surface area contributed by atoms with Crippen LogP contribution >= 0.6 is 0 Å². The number of benzene rings is 1. The highest BCUT2D eigenvalue weighted by atomic mass is 16.3. The van der Waals surface area contributed by atoms with Gasteiger partial charge in [0.1, 0.15) is 0 Å². The average Bonchev–Trinajstić information content (AvgIpc) is 2.09. The molecule has 0 aromatic heterocycles. The molecule has 0 radical (unpaired) electrons. The van der Waals surface area contributed by atoms with Gasteiger partial charge >= 0.3 is 0 Å².